The van der Waals surface area contributed by atoms with Crippen molar-refractivity contribution in [2.45, 2.75) is 12.3 Å². The van der Waals surface area contributed by atoms with Crippen molar-refractivity contribution < 1.29 is 13.5 Å². The molecule has 1 unspecified atom stereocenters. The predicted octanol–water partition coefficient (Wildman–Crippen LogP) is 3.48. The Morgan fingerprint density at radius 2 is 1.93 bits per heavy atom. The summed E-state index contributed by atoms with van der Waals surface area (Å²) in [5, 5.41) is 0. The van der Waals surface area contributed by atoms with Crippen LogP contribution in [0.25, 0.3) is 0 Å². The van der Waals surface area contributed by atoms with Crippen LogP contribution in [-0.2, 0) is 0 Å². The second-order valence-electron chi connectivity index (χ2n) is 3.43. The lowest BCUT2D eigenvalue weighted by Crippen LogP contribution is -2.05. The normalized spacial score (nSPS) is 23.2. The largest absolute Gasteiger partial charge is 0.493 e. The monoisotopic (exact) mass is 262 g/mol. The Kier molecular flexibility index (Phi) is 2.47. The third-order valence-electron chi connectivity index (χ3n) is 2.22. The summed E-state index contributed by atoms with van der Waals surface area (Å²) in [6.07, 6.45) is -0.0382. The summed E-state index contributed by atoms with van der Waals surface area (Å²) in [6, 6.07) is 7.15. The van der Waals surface area contributed by atoms with Gasteiger partial charge in [-0.05, 0) is 24.3 Å². The minimum atomic E-state index is -2.49. The van der Waals surface area contributed by atoms with Crippen LogP contribution in [0.2, 0.25) is 0 Å². The Morgan fingerprint density at radius 1 is 1.36 bits per heavy atom. The quantitative estimate of drug-likeness (QED) is 0.811. The van der Waals surface area contributed by atoms with Gasteiger partial charge in [-0.15, -0.1) is 0 Å². The maximum Gasteiger partial charge on any atom is 0.255 e. The minimum Gasteiger partial charge on any atom is -0.493 e. The van der Waals surface area contributed by atoms with E-state index in [1.54, 1.807) is 12.1 Å². The average Bonchev–Trinajstić information content (AvgIpc) is 2.73. The summed E-state index contributed by atoms with van der Waals surface area (Å²) in [4.78, 5) is 0. The van der Waals surface area contributed by atoms with Gasteiger partial charge in [0.15, 0.2) is 0 Å². The molecule has 1 aromatic rings. The van der Waals surface area contributed by atoms with Gasteiger partial charge in [-0.1, -0.05) is 15.9 Å². The molecule has 1 saturated carbocycles. The van der Waals surface area contributed by atoms with Gasteiger partial charge in [0.05, 0.1) is 12.5 Å². The summed E-state index contributed by atoms with van der Waals surface area (Å²) in [5.74, 6) is -2.45. The molecule has 1 aliphatic carbocycles. The summed E-state index contributed by atoms with van der Waals surface area (Å²) < 4.78 is 31.1. The fourth-order valence-corrected chi connectivity index (χ4v) is 1.44. The van der Waals surface area contributed by atoms with Crippen molar-refractivity contribution in [3.05, 3.63) is 28.7 Å². The number of hydrogen-bond donors (Lipinski definition) is 0. The van der Waals surface area contributed by atoms with Gasteiger partial charge in [0.2, 0.25) is 0 Å². The van der Waals surface area contributed by atoms with Crippen LogP contribution in [0.1, 0.15) is 6.42 Å². The topological polar surface area (TPSA) is 9.23 Å². The summed E-state index contributed by atoms with van der Waals surface area (Å²) >= 11 is 3.28. The molecule has 0 bridgehead atoms. The summed E-state index contributed by atoms with van der Waals surface area (Å²) in [7, 11) is 0. The van der Waals surface area contributed by atoms with Crippen molar-refractivity contribution >= 4 is 15.9 Å². The van der Waals surface area contributed by atoms with Crippen molar-refractivity contribution in [1.29, 1.82) is 0 Å². The van der Waals surface area contributed by atoms with E-state index in [1.165, 1.54) is 0 Å². The number of alkyl halides is 2. The highest BCUT2D eigenvalue weighted by Crippen LogP contribution is 2.48. The van der Waals surface area contributed by atoms with Crippen molar-refractivity contribution in [1.82, 2.24) is 0 Å². The molecule has 0 amide bonds. The van der Waals surface area contributed by atoms with E-state index in [-0.39, 0.29) is 13.0 Å². The fraction of sp³-hybridized carbons (Fsp3) is 0.400. The first-order chi connectivity index (χ1) is 6.58. The molecular formula is C10H9BrF2O. The molecule has 1 aromatic carbocycles. The van der Waals surface area contributed by atoms with E-state index in [0.29, 0.717) is 5.75 Å². The van der Waals surface area contributed by atoms with Gasteiger partial charge in [0.1, 0.15) is 5.75 Å². The van der Waals surface area contributed by atoms with Gasteiger partial charge in [-0.2, -0.15) is 0 Å². The SMILES string of the molecule is FC1(F)CC1COc1ccc(Br)cc1. The van der Waals surface area contributed by atoms with Crippen LogP contribution in [0.5, 0.6) is 5.75 Å². The zero-order valence-electron chi connectivity index (χ0n) is 7.34. The maximum atomic E-state index is 12.5. The highest BCUT2D eigenvalue weighted by atomic mass is 79.9. The number of hydrogen-bond acceptors (Lipinski definition) is 1. The van der Waals surface area contributed by atoms with Gasteiger partial charge in [0.25, 0.3) is 5.92 Å². The Morgan fingerprint density at radius 3 is 2.43 bits per heavy atom. The van der Waals surface area contributed by atoms with Crippen LogP contribution in [-0.4, -0.2) is 12.5 Å². The van der Waals surface area contributed by atoms with Gasteiger partial charge in [0, 0.05) is 10.9 Å². The van der Waals surface area contributed by atoms with Gasteiger partial charge in [-0.25, -0.2) is 8.78 Å². The molecule has 4 heteroatoms. The molecule has 0 aliphatic heterocycles. The van der Waals surface area contributed by atoms with Crippen molar-refractivity contribution in [2.75, 3.05) is 6.61 Å². The standard InChI is InChI=1S/C10H9BrF2O/c11-8-1-3-9(4-2-8)14-6-7-5-10(7,12)13/h1-4,7H,5-6H2. The highest BCUT2D eigenvalue weighted by Gasteiger charge is 2.57. The lowest BCUT2D eigenvalue weighted by Gasteiger charge is -2.04. The molecule has 1 nitrogen and oxygen atoms in total. The number of ether oxygens (including phenoxy) is 1. The molecule has 1 atom stereocenters. The van der Waals surface area contributed by atoms with Crippen molar-refractivity contribution in [3.8, 4) is 5.75 Å². The first-order valence-electron chi connectivity index (χ1n) is 4.34. The molecule has 0 spiro atoms. The first-order valence-corrected chi connectivity index (χ1v) is 5.13. The highest BCUT2D eigenvalue weighted by molar-refractivity contribution is 9.10. The summed E-state index contributed by atoms with van der Waals surface area (Å²) in [6.45, 7) is 0.106. The van der Waals surface area contributed by atoms with E-state index < -0.39 is 11.8 Å². The minimum absolute atomic E-state index is 0.0382. The van der Waals surface area contributed by atoms with E-state index in [1.807, 2.05) is 12.1 Å². The van der Waals surface area contributed by atoms with Crippen LogP contribution < -0.4 is 4.74 Å². The predicted molar refractivity (Wildman–Crippen MR) is 52.7 cm³/mol. The molecule has 0 heterocycles. The fourth-order valence-electron chi connectivity index (χ4n) is 1.18. The third kappa shape index (κ3) is 2.23. The molecule has 1 fully saturated rings. The Labute approximate surface area is 89.2 Å². The third-order valence-corrected chi connectivity index (χ3v) is 2.75. The Balaban J connectivity index is 1.84. The lowest BCUT2D eigenvalue weighted by molar-refractivity contribution is 0.0856. The zero-order valence-corrected chi connectivity index (χ0v) is 8.93. The smallest absolute Gasteiger partial charge is 0.255 e. The molecular weight excluding hydrogens is 254 g/mol. The molecule has 14 heavy (non-hydrogen) atoms. The van der Waals surface area contributed by atoms with Gasteiger partial charge < -0.3 is 4.74 Å². The molecule has 2 rings (SSSR count). The van der Waals surface area contributed by atoms with Crippen molar-refractivity contribution in [3.63, 3.8) is 0 Å². The lowest BCUT2D eigenvalue weighted by atomic mass is 10.3. The van der Waals surface area contributed by atoms with Crippen LogP contribution in [0.15, 0.2) is 28.7 Å². The van der Waals surface area contributed by atoms with E-state index in [0.717, 1.165) is 4.47 Å². The van der Waals surface area contributed by atoms with Gasteiger partial charge >= 0.3 is 0 Å². The van der Waals surface area contributed by atoms with E-state index in [2.05, 4.69) is 15.9 Å². The number of benzene rings is 1. The molecule has 1 aliphatic rings. The van der Waals surface area contributed by atoms with Crippen molar-refractivity contribution in [2.24, 2.45) is 5.92 Å². The molecule has 0 radical (unpaired) electrons. The second-order valence-corrected chi connectivity index (χ2v) is 4.34. The Hall–Kier alpha value is -0.640. The van der Waals surface area contributed by atoms with E-state index >= 15 is 0 Å². The zero-order chi connectivity index (χ0) is 10.2. The average molecular weight is 263 g/mol. The first kappa shape index (κ1) is 9.90. The molecule has 0 aromatic heterocycles. The van der Waals surface area contributed by atoms with Crippen LogP contribution >= 0.6 is 15.9 Å². The van der Waals surface area contributed by atoms with Crippen LogP contribution in [0.3, 0.4) is 0 Å². The maximum absolute atomic E-state index is 12.5. The van der Waals surface area contributed by atoms with Crippen LogP contribution in [0.4, 0.5) is 8.78 Å². The molecule has 0 saturated heterocycles. The number of halogens is 3. The van der Waals surface area contributed by atoms with Crippen LogP contribution in [0, 0.1) is 5.92 Å². The van der Waals surface area contributed by atoms with E-state index in [4.69, 9.17) is 4.74 Å². The summed E-state index contributed by atoms with van der Waals surface area (Å²) in [5.41, 5.74) is 0. The Bertz CT molecular complexity index is 323. The van der Waals surface area contributed by atoms with E-state index in [9.17, 15) is 8.78 Å². The second kappa shape index (κ2) is 3.50. The van der Waals surface area contributed by atoms with Gasteiger partial charge in [-0.3, -0.25) is 0 Å². The molecule has 0 N–H and O–H groups in total. The molecule has 76 valence electrons. The number of rotatable bonds is 3.